The van der Waals surface area contributed by atoms with Crippen LogP contribution >= 0.6 is 0 Å². The average Bonchev–Trinajstić information content (AvgIpc) is 3.10. The normalized spacial score (nSPS) is 14.3. The first-order valence-electron chi connectivity index (χ1n) is 9.92. The van der Waals surface area contributed by atoms with Gasteiger partial charge in [0.25, 0.3) is 0 Å². The van der Waals surface area contributed by atoms with Crippen molar-refractivity contribution in [1.82, 2.24) is 0 Å². The van der Waals surface area contributed by atoms with Crippen molar-refractivity contribution in [3.8, 4) is 0 Å². The maximum atomic E-state index is 9.83. The second kappa shape index (κ2) is 13.6. The van der Waals surface area contributed by atoms with Gasteiger partial charge in [-0.05, 0) is 70.3 Å². The van der Waals surface area contributed by atoms with Crippen molar-refractivity contribution >= 4 is 6.29 Å². The van der Waals surface area contributed by atoms with Crippen LogP contribution in [-0.4, -0.2) is 6.29 Å². The van der Waals surface area contributed by atoms with Crippen LogP contribution in [-0.2, 0) is 11.2 Å². The van der Waals surface area contributed by atoms with Crippen molar-refractivity contribution < 1.29 is 4.79 Å². The van der Waals surface area contributed by atoms with E-state index in [9.17, 15) is 4.79 Å². The number of hydrogen-bond donors (Lipinski definition) is 0. The molecule has 0 spiro atoms. The minimum Gasteiger partial charge on any atom is -0.303 e. The van der Waals surface area contributed by atoms with Gasteiger partial charge >= 0.3 is 0 Å². The van der Waals surface area contributed by atoms with Crippen LogP contribution in [0.5, 0.6) is 0 Å². The molecule has 0 bridgehead atoms. The molecule has 1 heteroatoms. The summed E-state index contributed by atoms with van der Waals surface area (Å²) in [5.74, 6) is 0.887. The van der Waals surface area contributed by atoms with E-state index in [4.69, 9.17) is 0 Å². The topological polar surface area (TPSA) is 17.1 Å². The van der Waals surface area contributed by atoms with Crippen LogP contribution < -0.4 is 0 Å². The Morgan fingerprint density at radius 2 is 1.96 bits per heavy atom. The fraction of sp³-hybridized carbons (Fsp3) is 0.542. The van der Waals surface area contributed by atoms with Gasteiger partial charge in [-0.25, -0.2) is 0 Å². The molecule has 1 saturated carbocycles. The molecule has 1 nitrogen and oxygen atoms in total. The predicted molar refractivity (Wildman–Crippen MR) is 110 cm³/mol. The van der Waals surface area contributed by atoms with E-state index in [1.54, 1.807) is 0 Å². The lowest BCUT2D eigenvalue weighted by Gasteiger charge is -2.01. The van der Waals surface area contributed by atoms with Crippen LogP contribution in [0.15, 0.2) is 48.6 Å². The number of hydrogen-bond acceptors (Lipinski definition) is 1. The van der Waals surface area contributed by atoms with Crippen molar-refractivity contribution in [2.75, 3.05) is 0 Å². The summed E-state index contributed by atoms with van der Waals surface area (Å²) >= 11 is 0. The molecule has 1 aromatic rings. The summed E-state index contributed by atoms with van der Waals surface area (Å²) in [6.07, 6.45) is 17.8. The van der Waals surface area contributed by atoms with Crippen LogP contribution in [0.2, 0.25) is 0 Å². The van der Waals surface area contributed by atoms with Gasteiger partial charge in [0.05, 0.1) is 0 Å². The van der Waals surface area contributed by atoms with Crippen molar-refractivity contribution in [3.05, 3.63) is 59.7 Å². The molecule has 0 N–H and O–H groups in total. The molecule has 1 aliphatic rings. The molecule has 0 atom stereocenters. The Morgan fingerprint density at radius 3 is 2.60 bits per heavy atom. The summed E-state index contributed by atoms with van der Waals surface area (Å²) < 4.78 is 0. The highest BCUT2D eigenvalue weighted by atomic mass is 16.1. The van der Waals surface area contributed by atoms with Crippen molar-refractivity contribution in [1.29, 1.82) is 0 Å². The number of rotatable bonds is 9. The fourth-order valence-electron chi connectivity index (χ4n) is 3.21. The first kappa shape index (κ1) is 21.4. The molecule has 0 amide bonds. The van der Waals surface area contributed by atoms with Gasteiger partial charge in [-0.15, -0.1) is 6.58 Å². The lowest BCUT2D eigenvalue weighted by atomic mass is 10.0. The molecule has 138 valence electrons. The molecule has 0 radical (unpaired) electrons. The zero-order chi connectivity index (χ0) is 18.3. The molecule has 0 aromatic heterocycles. The Kier molecular flexibility index (Phi) is 11.7. The van der Waals surface area contributed by atoms with Crippen molar-refractivity contribution in [2.45, 2.75) is 78.1 Å². The van der Waals surface area contributed by atoms with Gasteiger partial charge in [-0.2, -0.15) is 0 Å². The number of aldehydes is 1. The summed E-state index contributed by atoms with van der Waals surface area (Å²) in [6, 6.07) is 8.85. The third-order valence-electron chi connectivity index (χ3n) is 4.67. The monoisotopic (exact) mass is 340 g/mol. The molecular weight excluding hydrogens is 304 g/mol. The molecule has 0 heterocycles. The Hall–Kier alpha value is -1.63. The Balaban J connectivity index is 0.000000299. The third-order valence-corrected chi connectivity index (χ3v) is 4.67. The SMILES string of the molecule is C=C(C)CCCCC=O.Cc1cccc(CC/C=C/C2CCCC2)c1. The molecule has 1 aliphatic carbocycles. The van der Waals surface area contributed by atoms with E-state index in [0.717, 1.165) is 31.5 Å². The highest BCUT2D eigenvalue weighted by Crippen LogP contribution is 2.25. The number of carbonyl (C=O) groups excluding carboxylic acids is 1. The average molecular weight is 341 g/mol. The van der Waals surface area contributed by atoms with E-state index in [0.29, 0.717) is 6.42 Å². The quantitative estimate of drug-likeness (QED) is 0.269. The highest BCUT2D eigenvalue weighted by Gasteiger charge is 2.10. The summed E-state index contributed by atoms with van der Waals surface area (Å²) in [4.78, 5) is 9.83. The summed E-state index contributed by atoms with van der Waals surface area (Å²) in [5.41, 5.74) is 4.05. The van der Waals surface area contributed by atoms with E-state index in [1.165, 1.54) is 55.2 Å². The summed E-state index contributed by atoms with van der Waals surface area (Å²) in [7, 11) is 0. The second-order valence-electron chi connectivity index (χ2n) is 7.37. The van der Waals surface area contributed by atoms with E-state index in [2.05, 4.69) is 49.9 Å². The third kappa shape index (κ3) is 11.5. The lowest BCUT2D eigenvalue weighted by molar-refractivity contribution is -0.107. The Morgan fingerprint density at radius 1 is 1.20 bits per heavy atom. The van der Waals surface area contributed by atoms with E-state index in [-0.39, 0.29) is 0 Å². The fourth-order valence-corrected chi connectivity index (χ4v) is 3.21. The maximum Gasteiger partial charge on any atom is 0.119 e. The number of aryl methyl sites for hydroxylation is 2. The molecule has 1 fully saturated rings. The number of allylic oxidation sites excluding steroid dienone is 3. The van der Waals surface area contributed by atoms with E-state index < -0.39 is 0 Å². The molecule has 0 aliphatic heterocycles. The smallest absolute Gasteiger partial charge is 0.119 e. The van der Waals surface area contributed by atoms with Crippen LogP contribution in [0.25, 0.3) is 0 Å². The lowest BCUT2D eigenvalue weighted by Crippen LogP contribution is -1.87. The van der Waals surface area contributed by atoms with Gasteiger partial charge in [-0.1, -0.05) is 60.4 Å². The number of carbonyl (C=O) groups is 1. The van der Waals surface area contributed by atoms with Crippen LogP contribution in [0.1, 0.15) is 75.8 Å². The van der Waals surface area contributed by atoms with Crippen LogP contribution in [0.4, 0.5) is 0 Å². The number of benzene rings is 1. The summed E-state index contributed by atoms with van der Waals surface area (Å²) in [5, 5.41) is 0. The van der Waals surface area contributed by atoms with Gasteiger partial charge < -0.3 is 4.79 Å². The van der Waals surface area contributed by atoms with Crippen LogP contribution in [0.3, 0.4) is 0 Å². The molecule has 0 saturated heterocycles. The highest BCUT2D eigenvalue weighted by molar-refractivity contribution is 5.48. The second-order valence-corrected chi connectivity index (χ2v) is 7.37. The molecular formula is C24H36O. The van der Waals surface area contributed by atoms with Crippen molar-refractivity contribution in [2.24, 2.45) is 5.92 Å². The zero-order valence-electron chi connectivity index (χ0n) is 16.3. The largest absolute Gasteiger partial charge is 0.303 e. The Labute approximate surface area is 155 Å². The van der Waals surface area contributed by atoms with Gasteiger partial charge in [0, 0.05) is 6.42 Å². The number of unbranched alkanes of at least 4 members (excludes halogenated alkanes) is 2. The van der Waals surface area contributed by atoms with E-state index in [1.807, 2.05) is 6.92 Å². The minimum atomic E-state index is 0.702. The maximum absolute atomic E-state index is 9.83. The molecule has 25 heavy (non-hydrogen) atoms. The standard InChI is InChI=1S/C16H22.C8H14O/c1-14-7-6-12-16(13-14)11-5-4-10-15-8-2-3-9-15;1-8(2)6-4-3-5-7-9/h4,6-7,10,12-13,15H,2-3,5,8-9,11H2,1H3;7H,1,3-6H2,2H3/b10-4+;. The molecule has 0 unspecified atom stereocenters. The predicted octanol–water partition coefficient (Wildman–Crippen LogP) is 7.00. The first-order chi connectivity index (χ1) is 12.1. The Bertz CT molecular complexity index is 521. The molecule has 2 rings (SSSR count). The molecule has 1 aromatic carbocycles. The first-order valence-corrected chi connectivity index (χ1v) is 9.92. The van der Waals surface area contributed by atoms with Crippen molar-refractivity contribution in [3.63, 3.8) is 0 Å². The van der Waals surface area contributed by atoms with Gasteiger partial charge in [0.15, 0.2) is 0 Å². The van der Waals surface area contributed by atoms with Gasteiger partial charge in [0.1, 0.15) is 6.29 Å². The zero-order valence-corrected chi connectivity index (χ0v) is 16.3. The van der Waals surface area contributed by atoms with Gasteiger partial charge in [-0.3, -0.25) is 0 Å². The van der Waals surface area contributed by atoms with Gasteiger partial charge in [0.2, 0.25) is 0 Å². The van der Waals surface area contributed by atoms with Crippen LogP contribution in [0, 0.1) is 12.8 Å². The van der Waals surface area contributed by atoms with E-state index >= 15 is 0 Å². The minimum absolute atomic E-state index is 0.702. The summed E-state index contributed by atoms with van der Waals surface area (Å²) in [6.45, 7) is 7.94.